The number of hydrogen-bond acceptors (Lipinski definition) is 5. The van der Waals surface area contributed by atoms with Crippen molar-refractivity contribution < 1.29 is 9.59 Å². The van der Waals surface area contributed by atoms with Gasteiger partial charge in [0, 0.05) is 29.9 Å². The monoisotopic (exact) mass is 551 g/mol. The quantitative estimate of drug-likeness (QED) is 0.126. The van der Waals surface area contributed by atoms with Gasteiger partial charge in [0.1, 0.15) is 11.7 Å². The lowest BCUT2D eigenvalue weighted by atomic mass is 9.94. The summed E-state index contributed by atoms with van der Waals surface area (Å²) in [6.45, 7) is 5.93. The van der Waals surface area contributed by atoms with Crippen LogP contribution in [0.3, 0.4) is 0 Å². The van der Waals surface area contributed by atoms with Gasteiger partial charge in [-0.3, -0.25) is 9.59 Å². The minimum absolute atomic E-state index is 0.0357. The first kappa shape index (κ1) is 29.3. The fourth-order valence-corrected chi connectivity index (χ4v) is 4.80. The Balaban J connectivity index is 1.58. The van der Waals surface area contributed by atoms with Crippen molar-refractivity contribution in [2.75, 3.05) is 19.6 Å². The highest BCUT2D eigenvalue weighted by atomic mass is 16.2. The largest absolute Gasteiger partial charge is 0.386 e. The van der Waals surface area contributed by atoms with E-state index in [0.717, 1.165) is 59.3 Å². The number of nitrogens with zero attached hydrogens (tertiary/aromatic N) is 3. The van der Waals surface area contributed by atoms with Gasteiger partial charge in [0.2, 0.25) is 12.3 Å². The van der Waals surface area contributed by atoms with Gasteiger partial charge in [0.25, 0.3) is 0 Å². The van der Waals surface area contributed by atoms with Crippen LogP contribution in [-0.4, -0.2) is 58.7 Å². The van der Waals surface area contributed by atoms with Crippen LogP contribution in [0.25, 0.3) is 22.4 Å². The van der Waals surface area contributed by atoms with Crippen molar-refractivity contribution in [3.05, 3.63) is 77.9 Å². The van der Waals surface area contributed by atoms with Gasteiger partial charge in [-0.15, -0.1) is 0 Å². The maximum atomic E-state index is 12.5. The number of benzene rings is 2. The number of H-pyrrole nitrogens is 1. The molecule has 9 heteroatoms. The number of aromatic amines is 1. The zero-order valence-corrected chi connectivity index (χ0v) is 23.6. The number of amides is 2. The minimum atomic E-state index is -0.153. The summed E-state index contributed by atoms with van der Waals surface area (Å²) in [5.74, 6) is 7.48. The Labute approximate surface area is 241 Å². The Kier molecular flexibility index (Phi) is 10.5. The number of aliphatic imine (C=N–C) groups is 1. The molecule has 0 spiro atoms. The summed E-state index contributed by atoms with van der Waals surface area (Å²) in [4.78, 5) is 37.0. The van der Waals surface area contributed by atoms with Gasteiger partial charge in [-0.05, 0) is 61.6 Å². The molecule has 0 radical (unpaired) electrons. The number of carbonyl (C=O) groups excluding carboxylic acids is 2. The second-order valence-corrected chi connectivity index (χ2v) is 9.92. The zero-order chi connectivity index (χ0) is 29.0. The van der Waals surface area contributed by atoms with Crippen molar-refractivity contribution in [1.29, 1.82) is 0 Å². The van der Waals surface area contributed by atoms with Crippen LogP contribution in [0, 0.1) is 18.8 Å². The molecule has 2 heterocycles. The van der Waals surface area contributed by atoms with Crippen molar-refractivity contribution in [3.63, 3.8) is 0 Å². The molecule has 5 N–H and O–H groups in total. The van der Waals surface area contributed by atoms with Crippen molar-refractivity contribution in [2.45, 2.75) is 45.7 Å². The SMILES string of the molecule is CCCN(Cc1ncc(-c2ccc(C#C/C=C/N=C(N)C3CCCN3)c(-c3ccccc3C)c2)[nH]1)C(=O)CNC=O. The van der Waals surface area contributed by atoms with E-state index in [1.54, 1.807) is 23.4 Å². The Morgan fingerprint density at radius 3 is 2.88 bits per heavy atom. The second-order valence-electron chi connectivity index (χ2n) is 9.92. The van der Waals surface area contributed by atoms with E-state index < -0.39 is 0 Å². The third-order valence-electron chi connectivity index (χ3n) is 6.92. The molecule has 212 valence electrons. The molecule has 1 fully saturated rings. The van der Waals surface area contributed by atoms with Crippen molar-refractivity contribution in [2.24, 2.45) is 10.7 Å². The molecule has 1 aliphatic heterocycles. The number of hydrogen-bond donors (Lipinski definition) is 4. The molecule has 1 aliphatic rings. The topological polar surface area (TPSA) is 128 Å². The van der Waals surface area contributed by atoms with Gasteiger partial charge < -0.3 is 26.3 Å². The van der Waals surface area contributed by atoms with E-state index in [1.807, 2.05) is 31.2 Å². The van der Waals surface area contributed by atoms with Crippen LogP contribution < -0.4 is 16.4 Å². The Bertz CT molecular complexity index is 1470. The molecule has 2 aromatic carbocycles. The van der Waals surface area contributed by atoms with E-state index in [1.165, 1.54) is 0 Å². The molecule has 1 unspecified atom stereocenters. The van der Waals surface area contributed by atoms with Crippen LogP contribution in [0.4, 0.5) is 0 Å². The van der Waals surface area contributed by atoms with Crippen LogP contribution >= 0.6 is 0 Å². The summed E-state index contributed by atoms with van der Waals surface area (Å²) < 4.78 is 0. The maximum absolute atomic E-state index is 12.5. The standard InChI is InChI=1S/C32H37N7O2/c1-3-17-39(31(41)20-34-22-40)21-30-37-19-29(38-30)25-14-13-24(27(18-25)26-11-5-4-9-23(26)2)10-6-7-15-36-32(33)28-12-8-16-35-28/h4-5,7,9,11,13-15,18-19,22,28,35H,3,8,12,16-17,20-21H2,1-2H3,(H2,33,36)(H,34,40)(H,37,38)/b15-7+. The highest BCUT2D eigenvalue weighted by Gasteiger charge is 2.17. The number of rotatable bonds is 11. The predicted octanol–water partition coefficient (Wildman–Crippen LogP) is 3.51. The predicted molar refractivity (Wildman–Crippen MR) is 163 cm³/mol. The van der Waals surface area contributed by atoms with E-state index in [4.69, 9.17) is 5.73 Å². The summed E-state index contributed by atoms with van der Waals surface area (Å²) in [5, 5.41) is 5.78. The van der Waals surface area contributed by atoms with Crippen LogP contribution in [-0.2, 0) is 16.1 Å². The highest BCUT2D eigenvalue weighted by molar-refractivity contribution is 5.86. The van der Waals surface area contributed by atoms with Crippen molar-refractivity contribution in [1.82, 2.24) is 25.5 Å². The molecule has 1 atom stereocenters. The second kappa shape index (κ2) is 14.6. The number of nitrogens with two attached hydrogens (primary N) is 1. The maximum Gasteiger partial charge on any atom is 0.242 e. The average molecular weight is 552 g/mol. The number of amidine groups is 1. The Hall–Kier alpha value is -4.68. The van der Waals surface area contributed by atoms with E-state index in [9.17, 15) is 9.59 Å². The Morgan fingerprint density at radius 1 is 1.27 bits per heavy atom. The minimum Gasteiger partial charge on any atom is -0.386 e. The molecule has 4 rings (SSSR count). The van der Waals surface area contributed by atoms with Gasteiger partial charge in [-0.25, -0.2) is 9.98 Å². The molecule has 0 saturated carbocycles. The zero-order valence-electron chi connectivity index (χ0n) is 23.6. The normalized spacial score (nSPS) is 15.0. The first-order valence-electron chi connectivity index (χ1n) is 13.9. The van der Waals surface area contributed by atoms with Crippen LogP contribution in [0.5, 0.6) is 0 Å². The van der Waals surface area contributed by atoms with Gasteiger partial charge in [0.05, 0.1) is 31.0 Å². The summed E-state index contributed by atoms with van der Waals surface area (Å²) in [6.07, 6.45) is 8.59. The molecule has 9 nitrogen and oxygen atoms in total. The summed E-state index contributed by atoms with van der Waals surface area (Å²) in [6, 6.07) is 14.5. The number of nitrogens with one attached hydrogen (secondary N) is 3. The van der Waals surface area contributed by atoms with Gasteiger partial charge in [-0.1, -0.05) is 49.1 Å². The van der Waals surface area contributed by atoms with E-state index >= 15 is 0 Å². The van der Waals surface area contributed by atoms with Crippen molar-refractivity contribution >= 4 is 18.2 Å². The lowest BCUT2D eigenvalue weighted by Crippen LogP contribution is -2.38. The number of aromatic nitrogens is 2. The smallest absolute Gasteiger partial charge is 0.242 e. The lowest BCUT2D eigenvalue weighted by Gasteiger charge is -2.20. The molecule has 3 aromatic rings. The van der Waals surface area contributed by atoms with Crippen LogP contribution in [0.1, 0.15) is 43.1 Å². The van der Waals surface area contributed by atoms with Crippen LogP contribution in [0.2, 0.25) is 0 Å². The molecule has 0 aliphatic carbocycles. The third kappa shape index (κ3) is 7.93. The fraction of sp³-hybridized carbons (Fsp3) is 0.312. The molecule has 1 saturated heterocycles. The average Bonchev–Trinajstić information content (AvgIpc) is 3.69. The van der Waals surface area contributed by atoms with E-state index in [-0.39, 0.29) is 18.5 Å². The summed E-state index contributed by atoms with van der Waals surface area (Å²) in [7, 11) is 0. The number of carbonyl (C=O) groups is 2. The molecule has 0 bridgehead atoms. The molecule has 1 aromatic heterocycles. The third-order valence-corrected chi connectivity index (χ3v) is 6.92. The number of imidazole rings is 1. The summed E-state index contributed by atoms with van der Waals surface area (Å²) in [5.41, 5.74) is 12.0. The van der Waals surface area contributed by atoms with Crippen LogP contribution in [0.15, 0.2) is 65.9 Å². The molecular formula is C32H37N7O2. The van der Waals surface area contributed by atoms with Gasteiger partial charge >= 0.3 is 0 Å². The first-order chi connectivity index (χ1) is 20.0. The lowest BCUT2D eigenvalue weighted by molar-refractivity contribution is -0.132. The Morgan fingerprint density at radius 2 is 2.12 bits per heavy atom. The van der Waals surface area contributed by atoms with E-state index in [0.29, 0.717) is 31.2 Å². The molecular weight excluding hydrogens is 514 g/mol. The number of aryl methyl sites for hydroxylation is 1. The van der Waals surface area contributed by atoms with Gasteiger partial charge in [-0.2, -0.15) is 0 Å². The van der Waals surface area contributed by atoms with E-state index in [2.05, 4.69) is 62.6 Å². The fourth-order valence-electron chi connectivity index (χ4n) is 4.80. The van der Waals surface area contributed by atoms with Gasteiger partial charge in [0.15, 0.2) is 0 Å². The molecule has 41 heavy (non-hydrogen) atoms. The summed E-state index contributed by atoms with van der Waals surface area (Å²) >= 11 is 0. The highest BCUT2D eigenvalue weighted by Crippen LogP contribution is 2.31. The first-order valence-corrected chi connectivity index (χ1v) is 13.9. The molecule has 2 amide bonds. The number of allylic oxidation sites excluding steroid dienone is 1. The van der Waals surface area contributed by atoms with Crippen molar-refractivity contribution in [3.8, 4) is 34.2 Å².